The summed E-state index contributed by atoms with van der Waals surface area (Å²) in [6.45, 7) is 5.05. The Kier molecular flexibility index (Phi) is 11.0. The van der Waals surface area contributed by atoms with Crippen LogP contribution in [0.25, 0.3) is 11.4 Å². The molecule has 0 saturated carbocycles. The van der Waals surface area contributed by atoms with Crippen LogP contribution in [0.1, 0.15) is 77.2 Å². The average molecular weight is 381 g/mol. The van der Waals surface area contributed by atoms with Crippen LogP contribution in [0.4, 0.5) is 0 Å². The van der Waals surface area contributed by atoms with Crippen molar-refractivity contribution in [3.8, 4) is 17.1 Å². The highest BCUT2D eigenvalue weighted by Gasteiger charge is 2.02. The van der Waals surface area contributed by atoms with E-state index in [1.54, 1.807) is 12.4 Å². The van der Waals surface area contributed by atoms with Crippen molar-refractivity contribution in [1.82, 2.24) is 9.97 Å². The first-order chi connectivity index (χ1) is 13.8. The first kappa shape index (κ1) is 22.1. The molecule has 0 amide bonds. The molecule has 0 bridgehead atoms. The monoisotopic (exact) mass is 380 g/mol. The number of aryl methyl sites for hydroxylation is 1. The van der Waals surface area contributed by atoms with Crippen molar-refractivity contribution in [3.05, 3.63) is 54.4 Å². The number of rotatable bonds is 14. The first-order valence-electron chi connectivity index (χ1n) is 11.0. The summed E-state index contributed by atoms with van der Waals surface area (Å²) in [5.74, 6) is 1.46. The summed E-state index contributed by atoms with van der Waals surface area (Å²) in [4.78, 5) is 8.91. The maximum Gasteiger partial charge on any atom is 0.159 e. The van der Waals surface area contributed by atoms with Crippen LogP contribution in [0.15, 0.2) is 48.8 Å². The Morgan fingerprint density at radius 2 is 1.46 bits per heavy atom. The topological polar surface area (TPSA) is 35.0 Å². The van der Waals surface area contributed by atoms with Gasteiger partial charge in [-0.15, -0.1) is 0 Å². The molecule has 1 aromatic carbocycles. The molecule has 0 aliphatic rings. The summed E-state index contributed by atoms with van der Waals surface area (Å²) in [5, 5.41) is 0. The van der Waals surface area contributed by atoms with E-state index in [1.807, 2.05) is 0 Å². The Labute approximate surface area is 171 Å². The van der Waals surface area contributed by atoms with Gasteiger partial charge in [-0.25, -0.2) is 9.97 Å². The minimum Gasteiger partial charge on any atom is -0.486 e. The van der Waals surface area contributed by atoms with Gasteiger partial charge in [0, 0.05) is 5.56 Å². The fourth-order valence-electron chi connectivity index (χ4n) is 3.14. The molecule has 0 spiro atoms. The second kappa shape index (κ2) is 13.9. The summed E-state index contributed by atoms with van der Waals surface area (Å²) in [7, 11) is 0. The summed E-state index contributed by atoms with van der Waals surface area (Å²) in [6, 6.07) is 8.64. The molecule has 0 fully saturated rings. The molecule has 0 atom stereocenters. The van der Waals surface area contributed by atoms with Crippen LogP contribution in [0.3, 0.4) is 0 Å². The Balaban J connectivity index is 1.74. The average Bonchev–Trinajstić information content (AvgIpc) is 2.74. The van der Waals surface area contributed by atoms with Gasteiger partial charge in [0.25, 0.3) is 0 Å². The lowest BCUT2D eigenvalue weighted by atomic mass is 10.0. The van der Waals surface area contributed by atoms with Gasteiger partial charge >= 0.3 is 0 Å². The first-order valence-corrected chi connectivity index (χ1v) is 11.0. The summed E-state index contributed by atoms with van der Waals surface area (Å²) in [5.41, 5.74) is 2.45. The SMILES string of the molecule is CCCCC/C=C/COc1cnc(-c2ccc(CCCCCCC)cc2)nc1. The number of unbranched alkanes of at least 4 members (excludes halogenated alkanes) is 7. The molecule has 28 heavy (non-hydrogen) atoms. The van der Waals surface area contributed by atoms with Gasteiger partial charge in [-0.1, -0.05) is 88.8 Å². The van der Waals surface area contributed by atoms with Crippen LogP contribution in [-0.2, 0) is 6.42 Å². The third kappa shape index (κ3) is 8.69. The maximum absolute atomic E-state index is 5.68. The van der Waals surface area contributed by atoms with E-state index >= 15 is 0 Å². The van der Waals surface area contributed by atoms with Gasteiger partial charge in [-0.2, -0.15) is 0 Å². The zero-order chi connectivity index (χ0) is 19.9. The van der Waals surface area contributed by atoms with Crippen LogP contribution < -0.4 is 4.74 Å². The standard InChI is InChI=1S/C25H36N2O/c1-3-5-7-9-11-13-19-28-24-20-26-25(27-21-24)23-17-15-22(16-18-23)14-12-10-8-6-4-2/h11,13,15-18,20-21H,3-10,12,14,19H2,1-2H3/b13-11+. The number of ether oxygens (including phenoxy) is 1. The van der Waals surface area contributed by atoms with E-state index in [1.165, 1.54) is 56.9 Å². The van der Waals surface area contributed by atoms with E-state index in [2.05, 4.69) is 60.2 Å². The van der Waals surface area contributed by atoms with Crippen molar-refractivity contribution >= 4 is 0 Å². The van der Waals surface area contributed by atoms with Crippen LogP contribution >= 0.6 is 0 Å². The predicted octanol–water partition coefficient (Wildman–Crippen LogP) is 7.17. The minimum absolute atomic E-state index is 0.571. The van der Waals surface area contributed by atoms with Crippen molar-refractivity contribution < 1.29 is 4.74 Å². The highest BCUT2D eigenvalue weighted by Crippen LogP contribution is 2.18. The number of allylic oxidation sites excluding steroid dienone is 1. The molecule has 1 heterocycles. The minimum atomic E-state index is 0.571. The van der Waals surface area contributed by atoms with Crippen LogP contribution in [0, 0.1) is 0 Å². The molecule has 0 radical (unpaired) electrons. The van der Waals surface area contributed by atoms with Gasteiger partial charge in [0.2, 0.25) is 0 Å². The number of hydrogen-bond acceptors (Lipinski definition) is 3. The number of nitrogens with zero attached hydrogens (tertiary/aromatic N) is 2. The highest BCUT2D eigenvalue weighted by molar-refractivity contribution is 5.55. The van der Waals surface area contributed by atoms with Crippen LogP contribution in [0.2, 0.25) is 0 Å². The Hall–Kier alpha value is -2.16. The Morgan fingerprint density at radius 3 is 2.18 bits per heavy atom. The smallest absolute Gasteiger partial charge is 0.159 e. The second-order valence-corrected chi connectivity index (χ2v) is 7.38. The van der Waals surface area contributed by atoms with Gasteiger partial charge in [0.05, 0.1) is 12.4 Å². The normalized spacial score (nSPS) is 11.2. The lowest BCUT2D eigenvalue weighted by molar-refractivity contribution is 0.359. The molecule has 152 valence electrons. The molecule has 3 nitrogen and oxygen atoms in total. The van der Waals surface area contributed by atoms with Crippen molar-refractivity contribution in [2.75, 3.05) is 6.61 Å². The molecule has 3 heteroatoms. The summed E-state index contributed by atoms with van der Waals surface area (Å²) >= 11 is 0. The van der Waals surface area contributed by atoms with E-state index < -0.39 is 0 Å². The molecule has 1 aromatic heterocycles. The molecule has 2 rings (SSSR count). The van der Waals surface area contributed by atoms with E-state index in [4.69, 9.17) is 4.74 Å². The van der Waals surface area contributed by atoms with E-state index in [9.17, 15) is 0 Å². The fourth-order valence-corrected chi connectivity index (χ4v) is 3.14. The van der Waals surface area contributed by atoms with Crippen molar-refractivity contribution in [2.24, 2.45) is 0 Å². The highest BCUT2D eigenvalue weighted by atomic mass is 16.5. The lowest BCUT2D eigenvalue weighted by Crippen LogP contribution is -1.96. The Morgan fingerprint density at radius 1 is 0.786 bits per heavy atom. The van der Waals surface area contributed by atoms with E-state index in [-0.39, 0.29) is 0 Å². The summed E-state index contributed by atoms with van der Waals surface area (Å²) < 4.78 is 5.68. The van der Waals surface area contributed by atoms with Crippen LogP contribution in [0.5, 0.6) is 5.75 Å². The molecule has 0 unspecified atom stereocenters. The zero-order valence-corrected chi connectivity index (χ0v) is 17.7. The third-order valence-corrected chi connectivity index (χ3v) is 4.90. The molecular weight excluding hydrogens is 344 g/mol. The van der Waals surface area contributed by atoms with Gasteiger partial charge in [-0.05, 0) is 31.2 Å². The molecule has 2 aromatic rings. The zero-order valence-electron chi connectivity index (χ0n) is 17.7. The van der Waals surface area contributed by atoms with Crippen LogP contribution in [-0.4, -0.2) is 16.6 Å². The predicted molar refractivity (Wildman–Crippen MR) is 119 cm³/mol. The van der Waals surface area contributed by atoms with Gasteiger partial charge in [0.1, 0.15) is 6.61 Å². The largest absolute Gasteiger partial charge is 0.486 e. The molecule has 0 aliphatic heterocycles. The molecule has 0 saturated heterocycles. The molecule has 0 N–H and O–H groups in total. The van der Waals surface area contributed by atoms with Crippen molar-refractivity contribution in [1.29, 1.82) is 0 Å². The van der Waals surface area contributed by atoms with E-state index in [0.29, 0.717) is 12.4 Å². The number of aromatic nitrogens is 2. The van der Waals surface area contributed by atoms with Gasteiger partial charge < -0.3 is 4.74 Å². The third-order valence-electron chi connectivity index (χ3n) is 4.90. The Bertz CT molecular complexity index is 662. The molecular formula is C25H36N2O. The molecule has 0 aliphatic carbocycles. The van der Waals surface area contributed by atoms with E-state index in [0.717, 1.165) is 24.2 Å². The lowest BCUT2D eigenvalue weighted by Gasteiger charge is -2.06. The fraction of sp³-hybridized carbons (Fsp3) is 0.520. The van der Waals surface area contributed by atoms with Crippen molar-refractivity contribution in [2.45, 2.75) is 78.1 Å². The van der Waals surface area contributed by atoms with Crippen molar-refractivity contribution in [3.63, 3.8) is 0 Å². The van der Waals surface area contributed by atoms with Gasteiger partial charge in [0.15, 0.2) is 11.6 Å². The second-order valence-electron chi connectivity index (χ2n) is 7.38. The van der Waals surface area contributed by atoms with Gasteiger partial charge in [-0.3, -0.25) is 0 Å². The quantitative estimate of drug-likeness (QED) is 0.257. The summed E-state index contributed by atoms with van der Waals surface area (Å²) in [6.07, 6.45) is 20.5. The number of hydrogen-bond donors (Lipinski definition) is 0. The number of benzene rings is 1. The maximum atomic E-state index is 5.68.